The summed E-state index contributed by atoms with van der Waals surface area (Å²) < 4.78 is 14.5. The van der Waals surface area contributed by atoms with Gasteiger partial charge in [0.05, 0.1) is 8.80 Å². The average Bonchev–Trinajstić information content (AvgIpc) is 2.71. The van der Waals surface area contributed by atoms with E-state index in [1.807, 2.05) is 16.8 Å². The molecule has 0 saturated heterocycles. The number of aromatic nitrogens is 3. The predicted molar refractivity (Wildman–Crippen MR) is 59.1 cm³/mol. The molecule has 0 bridgehead atoms. The number of hydrogen-bond donors (Lipinski definition) is 0. The van der Waals surface area contributed by atoms with Crippen LogP contribution >= 0.6 is 0 Å². The summed E-state index contributed by atoms with van der Waals surface area (Å²) in [6.45, 7) is 2.22. The molecule has 0 fully saturated rings. The van der Waals surface area contributed by atoms with Crippen LogP contribution in [0.15, 0.2) is 36.9 Å². The fourth-order valence-electron chi connectivity index (χ4n) is 1.50. The smallest absolute Gasteiger partial charge is 0.137 e. The molecule has 3 nitrogen and oxygen atoms in total. The summed E-state index contributed by atoms with van der Waals surface area (Å²) in [6.07, 6.45) is 4.14. The van der Waals surface area contributed by atoms with E-state index in [9.17, 15) is 4.39 Å². The van der Waals surface area contributed by atoms with Gasteiger partial charge in [-0.2, -0.15) is 5.10 Å². The lowest BCUT2D eigenvalue weighted by molar-refractivity contribution is 0.628. The Bertz CT molecular complexity index is 413. The molecule has 0 aliphatic heterocycles. The highest BCUT2D eigenvalue weighted by atomic mass is 28.3. The first kappa shape index (κ1) is 10.0. The van der Waals surface area contributed by atoms with Gasteiger partial charge in [-0.25, -0.2) is 9.37 Å². The second-order valence-electron chi connectivity index (χ2n) is 3.57. The second kappa shape index (κ2) is 4.35. The molecule has 2 rings (SSSR count). The molecular weight excluding hydrogens is 209 g/mol. The van der Waals surface area contributed by atoms with Crippen molar-refractivity contribution in [3.05, 3.63) is 42.7 Å². The lowest BCUT2D eigenvalue weighted by Gasteiger charge is -2.09. The SMILES string of the molecule is C[SiH](Cn1cncn1)c1ccc(F)cc1. The monoisotopic (exact) mass is 221 g/mol. The Labute approximate surface area is 89.2 Å². The fraction of sp³-hybridized carbons (Fsp3) is 0.200. The van der Waals surface area contributed by atoms with E-state index in [4.69, 9.17) is 0 Å². The van der Waals surface area contributed by atoms with Gasteiger partial charge in [-0.05, 0) is 12.1 Å². The molecule has 2 aromatic rings. The van der Waals surface area contributed by atoms with Crippen molar-refractivity contribution in [2.75, 3.05) is 0 Å². The van der Waals surface area contributed by atoms with Crippen LogP contribution in [0.4, 0.5) is 4.39 Å². The minimum Gasteiger partial charge on any atom is -0.256 e. The highest BCUT2D eigenvalue weighted by Crippen LogP contribution is 1.96. The maximum atomic E-state index is 12.7. The van der Waals surface area contributed by atoms with Crippen LogP contribution in [0.25, 0.3) is 0 Å². The standard InChI is InChI=1S/C10H12FN3Si/c1-15(8-14-7-12-6-13-14)10-4-2-9(11)3-5-10/h2-7,15H,8H2,1H3. The number of halogens is 1. The van der Waals surface area contributed by atoms with Crippen molar-refractivity contribution in [1.29, 1.82) is 0 Å². The van der Waals surface area contributed by atoms with Gasteiger partial charge >= 0.3 is 0 Å². The minimum atomic E-state index is -1.08. The van der Waals surface area contributed by atoms with E-state index in [2.05, 4.69) is 16.6 Å². The normalized spacial score (nSPS) is 12.7. The van der Waals surface area contributed by atoms with Gasteiger partial charge in [-0.3, -0.25) is 4.68 Å². The molecule has 0 saturated carbocycles. The maximum absolute atomic E-state index is 12.7. The molecule has 15 heavy (non-hydrogen) atoms. The highest BCUT2D eigenvalue weighted by Gasteiger charge is 2.08. The van der Waals surface area contributed by atoms with Gasteiger partial charge in [0, 0.05) is 6.17 Å². The Kier molecular flexibility index (Phi) is 2.91. The first-order valence-corrected chi connectivity index (χ1v) is 7.38. The van der Waals surface area contributed by atoms with Crippen LogP contribution in [-0.4, -0.2) is 23.6 Å². The quantitative estimate of drug-likeness (QED) is 0.715. The lowest BCUT2D eigenvalue weighted by Crippen LogP contribution is -2.32. The molecule has 1 aromatic carbocycles. The van der Waals surface area contributed by atoms with Gasteiger partial charge in [-0.1, -0.05) is 23.9 Å². The summed E-state index contributed by atoms with van der Waals surface area (Å²) in [6, 6.07) is 6.76. The third-order valence-corrected chi connectivity index (χ3v) is 4.81. The number of hydrogen-bond acceptors (Lipinski definition) is 2. The molecule has 0 N–H and O–H groups in total. The second-order valence-corrected chi connectivity index (χ2v) is 6.40. The van der Waals surface area contributed by atoms with E-state index in [-0.39, 0.29) is 5.82 Å². The van der Waals surface area contributed by atoms with Gasteiger partial charge in [0.1, 0.15) is 18.5 Å². The topological polar surface area (TPSA) is 30.7 Å². The van der Waals surface area contributed by atoms with Crippen LogP contribution in [-0.2, 0) is 6.17 Å². The predicted octanol–water partition coefficient (Wildman–Crippen LogP) is 0.720. The van der Waals surface area contributed by atoms with E-state index in [0.717, 1.165) is 6.17 Å². The number of rotatable bonds is 3. The van der Waals surface area contributed by atoms with Crippen LogP contribution in [0.5, 0.6) is 0 Å². The first-order chi connectivity index (χ1) is 7.25. The highest BCUT2D eigenvalue weighted by molar-refractivity contribution is 6.70. The van der Waals surface area contributed by atoms with E-state index in [0.29, 0.717) is 0 Å². The first-order valence-electron chi connectivity index (χ1n) is 4.83. The molecular formula is C10H12FN3Si. The fourth-order valence-corrected chi connectivity index (χ4v) is 3.31. The van der Waals surface area contributed by atoms with E-state index in [1.54, 1.807) is 6.33 Å². The Morgan fingerprint density at radius 2 is 2.07 bits per heavy atom. The van der Waals surface area contributed by atoms with Crippen LogP contribution < -0.4 is 5.19 Å². The van der Waals surface area contributed by atoms with Crippen molar-refractivity contribution in [2.24, 2.45) is 0 Å². The molecule has 0 radical (unpaired) electrons. The van der Waals surface area contributed by atoms with Gasteiger partial charge in [-0.15, -0.1) is 0 Å². The van der Waals surface area contributed by atoms with Crippen molar-refractivity contribution in [3.63, 3.8) is 0 Å². The summed E-state index contributed by atoms with van der Waals surface area (Å²) in [5.74, 6) is -0.180. The summed E-state index contributed by atoms with van der Waals surface area (Å²) in [7, 11) is -1.08. The van der Waals surface area contributed by atoms with Crippen LogP contribution in [0.2, 0.25) is 6.55 Å². The number of benzene rings is 1. The molecule has 0 aliphatic carbocycles. The van der Waals surface area contributed by atoms with Gasteiger partial charge < -0.3 is 0 Å². The molecule has 1 aromatic heterocycles. The summed E-state index contributed by atoms with van der Waals surface area (Å²) in [4.78, 5) is 3.90. The molecule has 0 amide bonds. The van der Waals surface area contributed by atoms with Crippen LogP contribution in [0.1, 0.15) is 0 Å². The molecule has 1 atom stereocenters. The average molecular weight is 221 g/mol. The minimum absolute atomic E-state index is 0.180. The van der Waals surface area contributed by atoms with E-state index < -0.39 is 8.80 Å². The van der Waals surface area contributed by atoms with Gasteiger partial charge in [0.15, 0.2) is 0 Å². The number of nitrogens with zero attached hydrogens (tertiary/aromatic N) is 3. The van der Waals surface area contributed by atoms with Crippen LogP contribution in [0, 0.1) is 5.82 Å². The van der Waals surface area contributed by atoms with E-state index >= 15 is 0 Å². The van der Waals surface area contributed by atoms with Crippen molar-refractivity contribution in [2.45, 2.75) is 12.7 Å². The zero-order chi connectivity index (χ0) is 10.7. The molecule has 1 unspecified atom stereocenters. The van der Waals surface area contributed by atoms with Crippen molar-refractivity contribution >= 4 is 14.0 Å². The summed E-state index contributed by atoms with van der Waals surface area (Å²) in [5.41, 5.74) is 0. The zero-order valence-corrected chi connectivity index (χ0v) is 9.62. The summed E-state index contributed by atoms with van der Waals surface area (Å²) in [5, 5.41) is 5.31. The Balaban J connectivity index is 2.08. The van der Waals surface area contributed by atoms with Gasteiger partial charge in [0.25, 0.3) is 0 Å². The maximum Gasteiger partial charge on any atom is 0.137 e. The molecule has 0 spiro atoms. The molecule has 0 aliphatic rings. The Morgan fingerprint density at radius 1 is 1.33 bits per heavy atom. The third kappa shape index (κ3) is 2.50. The van der Waals surface area contributed by atoms with Crippen molar-refractivity contribution < 1.29 is 4.39 Å². The largest absolute Gasteiger partial charge is 0.256 e. The molecule has 78 valence electrons. The molecule has 5 heteroatoms. The summed E-state index contributed by atoms with van der Waals surface area (Å²) >= 11 is 0. The Hall–Kier alpha value is -1.49. The van der Waals surface area contributed by atoms with E-state index in [1.165, 1.54) is 23.6 Å². The van der Waals surface area contributed by atoms with Crippen LogP contribution in [0.3, 0.4) is 0 Å². The van der Waals surface area contributed by atoms with Crippen molar-refractivity contribution in [1.82, 2.24) is 14.8 Å². The van der Waals surface area contributed by atoms with Gasteiger partial charge in [0.2, 0.25) is 0 Å². The Morgan fingerprint density at radius 3 is 2.67 bits per heavy atom. The third-order valence-electron chi connectivity index (χ3n) is 2.37. The van der Waals surface area contributed by atoms with Crippen molar-refractivity contribution in [3.8, 4) is 0 Å². The zero-order valence-electron chi connectivity index (χ0n) is 8.47. The molecule has 1 heterocycles. The lowest BCUT2D eigenvalue weighted by atomic mass is 10.3.